The van der Waals surface area contributed by atoms with E-state index in [1.54, 1.807) is 0 Å². The van der Waals surface area contributed by atoms with E-state index in [0.717, 1.165) is 7.11 Å². The first kappa shape index (κ1) is 5.57. The number of esters is 1. The highest BCUT2D eigenvalue weighted by Gasteiger charge is 2.41. The van der Waals surface area contributed by atoms with E-state index in [0.29, 0.717) is 6.07 Å². The molecule has 0 bridgehead atoms. The summed E-state index contributed by atoms with van der Waals surface area (Å²) in [5, 5.41) is 0. The molecule has 0 radical (unpaired) electrons. The standard InChI is InChI=1S/C24H38N2O4/c1-14(2)9-17-13-26-8-7-16-10-21(28-5)22(29-6)11-18(16)19(26)12-20(17)30-24(27)23(25)15(3)4/h10-11,14-15,17,19-20,23H,7-9,12-13,25H2,1-6H3/t17?,19?,20?,23-/m0/s1/i1D3,2D3,3D3,4D3,6D3,7D2,8D2,9D2,12D2,13D2,14D,15D,17D,19D,20D,23D. The highest BCUT2D eigenvalue weighted by molar-refractivity contribution is 5.76. The van der Waals surface area contributed by atoms with Crippen molar-refractivity contribution in [1.82, 2.24) is 4.90 Å². The largest absolute Gasteiger partial charge is 0.493 e. The van der Waals surface area contributed by atoms with Crippen molar-refractivity contribution in [3.63, 3.8) is 0 Å². The minimum absolute atomic E-state index is 0.227. The van der Waals surface area contributed by atoms with Gasteiger partial charge in [-0.15, -0.1) is 0 Å². The van der Waals surface area contributed by atoms with Gasteiger partial charge in [-0.1, -0.05) is 27.4 Å². The fraction of sp³-hybridized carbons (Fsp3) is 0.708. The van der Waals surface area contributed by atoms with E-state index < -0.39 is 136 Å². The van der Waals surface area contributed by atoms with Crippen molar-refractivity contribution in [2.24, 2.45) is 23.4 Å². The molecule has 1 aromatic rings. The maximum absolute atomic E-state index is 14.1. The molecular weight excluding hydrogens is 380 g/mol. The second kappa shape index (κ2) is 9.56. The first-order valence-electron chi connectivity index (χ1n) is 23.5. The molecule has 2 heterocycles. The second-order valence-corrected chi connectivity index (χ2v) is 5.69. The lowest BCUT2D eigenvalue weighted by Crippen LogP contribution is -2.51. The van der Waals surface area contributed by atoms with Gasteiger partial charge < -0.3 is 19.9 Å². The summed E-state index contributed by atoms with van der Waals surface area (Å²) in [5.41, 5.74) is 2.77. The van der Waals surface area contributed by atoms with Crippen molar-refractivity contribution in [3.8, 4) is 11.5 Å². The molecule has 0 aliphatic carbocycles. The number of hydrogen-bond acceptors (Lipinski definition) is 6. The summed E-state index contributed by atoms with van der Waals surface area (Å²) in [7, 11) is -2.66. The molecule has 168 valence electrons. The quantitative estimate of drug-likeness (QED) is 0.642. The van der Waals surface area contributed by atoms with Crippen LogP contribution >= 0.6 is 0 Å². The fourth-order valence-corrected chi connectivity index (χ4v) is 2.47. The summed E-state index contributed by atoms with van der Waals surface area (Å²) < 4.78 is 276. The number of nitrogens with two attached hydrogens (primary N) is 1. The van der Waals surface area contributed by atoms with Gasteiger partial charge in [0.1, 0.15) is 12.1 Å². The molecule has 4 atom stereocenters. The number of benzene rings is 1. The molecule has 0 amide bonds. The molecule has 0 saturated carbocycles. The average molecular weight is 450 g/mol. The Bertz CT molecular complexity index is 1880. The second-order valence-electron chi connectivity index (χ2n) is 5.69. The number of fused-ring (bicyclic) bond motifs is 3. The van der Waals surface area contributed by atoms with Crippen LogP contribution in [0.3, 0.4) is 0 Å². The van der Waals surface area contributed by atoms with Gasteiger partial charge in [0.2, 0.25) is 0 Å². The van der Waals surface area contributed by atoms with Gasteiger partial charge in [0.15, 0.2) is 11.5 Å². The molecule has 2 aliphatic heterocycles. The van der Waals surface area contributed by atoms with E-state index in [1.165, 1.54) is 0 Å². The summed E-state index contributed by atoms with van der Waals surface area (Å²) >= 11 is 0. The zero-order valence-corrected chi connectivity index (χ0v) is 15.3. The SMILES string of the molecule is [2H]C([2H])([2H])Oc1cc2c(cc1OC)C([2H])([2H])C([2H])([2H])N1C([2H])([2H])C([2H])(C([2H])([2H])C([2H])(C([2H])([2H])[2H])C([2H])([2H])[2H])C([2H])(OC(=O)[C@@]([2H])(N)C([2H])(C([2H])([2H])[2H])C([2H])([2H])[2H])C([2H])([2H])C21[2H]. The van der Waals surface area contributed by atoms with Gasteiger partial charge in [-0.2, -0.15) is 0 Å². The number of nitrogens with zero attached hydrogens (tertiary/aromatic N) is 1. The Morgan fingerprint density at radius 3 is 2.90 bits per heavy atom. The van der Waals surface area contributed by atoms with Crippen molar-refractivity contribution < 1.29 is 61.5 Å². The van der Waals surface area contributed by atoms with Crippen LogP contribution in [0, 0.1) is 17.7 Å². The van der Waals surface area contributed by atoms with Crippen LogP contribution in [0.1, 0.15) is 99.8 Å². The Hall–Kier alpha value is -1.79. The molecule has 1 saturated heterocycles. The zero-order valence-electron chi connectivity index (χ0n) is 46.3. The van der Waals surface area contributed by atoms with Gasteiger partial charge in [0.25, 0.3) is 0 Å². The van der Waals surface area contributed by atoms with E-state index in [4.69, 9.17) is 52.8 Å². The molecule has 0 aromatic heterocycles. The molecule has 6 nitrogen and oxygen atoms in total. The van der Waals surface area contributed by atoms with E-state index in [9.17, 15) is 14.4 Å². The van der Waals surface area contributed by atoms with Crippen LogP contribution in [0.2, 0.25) is 0 Å². The predicted octanol–water partition coefficient (Wildman–Crippen LogP) is 3.56. The van der Waals surface area contributed by atoms with Gasteiger partial charge in [-0.05, 0) is 47.8 Å². The first-order valence-corrected chi connectivity index (χ1v) is 8.00. The van der Waals surface area contributed by atoms with Crippen LogP contribution in [0.5, 0.6) is 11.5 Å². The van der Waals surface area contributed by atoms with Gasteiger partial charge >= 0.3 is 5.97 Å². The third-order valence-corrected chi connectivity index (χ3v) is 3.81. The molecule has 1 aromatic carbocycles. The van der Waals surface area contributed by atoms with Crippen molar-refractivity contribution in [2.45, 2.75) is 64.6 Å². The summed E-state index contributed by atoms with van der Waals surface area (Å²) in [4.78, 5) is 13.2. The third kappa shape index (κ3) is 4.75. The van der Waals surface area contributed by atoms with E-state index >= 15 is 0 Å². The van der Waals surface area contributed by atoms with E-state index in [1.807, 2.05) is 0 Å². The Morgan fingerprint density at radius 2 is 2.20 bits per heavy atom. The highest BCUT2D eigenvalue weighted by Crippen LogP contribution is 2.44. The van der Waals surface area contributed by atoms with Crippen molar-refractivity contribution in [2.75, 3.05) is 27.1 Å². The molecular formula is C24H38N2O4. The van der Waals surface area contributed by atoms with Gasteiger partial charge in [0.05, 0.1) is 22.4 Å². The van der Waals surface area contributed by atoms with Crippen molar-refractivity contribution >= 4 is 5.97 Å². The molecule has 6 heteroatoms. The van der Waals surface area contributed by atoms with Gasteiger partial charge in [-0.25, -0.2) is 0 Å². The number of carbonyl (C=O) groups is 1. The summed E-state index contributed by atoms with van der Waals surface area (Å²) in [5.74, 6) is -20.2. The fourth-order valence-electron chi connectivity index (χ4n) is 2.47. The van der Waals surface area contributed by atoms with Gasteiger partial charge in [0, 0.05) is 65.5 Å². The molecule has 0 spiro atoms. The summed E-state index contributed by atoms with van der Waals surface area (Å²) in [6.07, 6.45) is -19.8. The Labute approximate surface area is 224 Å². The number of ether oxygens (including phenoxy) is 3. The van der Waals surface area contributed by atoms with Crippen LogP contribution in [0.25, 0.3) is 0 Å². The average Bonchev–Trinajstić information content (AvgIpc) is 3.01. The van der Waals surface area contributed by atoms with E-state index in [-0.39, 0.29) is 6.07 Å². The minimum Gasteiger partial charge on any atom is -0.493 e. The molecule has 2 N–H and O–H groups in total. The van der Waals surface area contributed by atoms with Crippen LogP contribution in [0.15, 0.2) is 12.1 Å². The van der Waals surface area contributed by atoms with E-state index in [2.05, 4.69) is 0 Å². The van der Waals surface area contributed by atoms with Crippen molar-refractivity contribution in [3.05, 3.63) is 23.3 Å². The number of piperidine rings is 1. The maximum atomic E-state index is 14.1. The minimum atomic E-state index is -5.49. The number of aryl methyl sites for hydroxylation is 1. The van der Waals surface area contributed by atoms with Gasteiger partial charge in [-0.3, -0.25) is 9.69 Å². The lowest BCUT2D eigenvalue weighted by Gasteiger charge is -2.47. The highest BCUT2D eigenvalue weighted by atomic mass is 16.5. The predicted molar refractivity (Wildman–Crippen MR) is 118 cm³/mol. The zero-order chi connectivity index (χ0) is 49.0. The third-order valence-electron chi connectivity index (χ3n) is 3.81. The summed E-state index contributed by atoms with van der Waals surface area (Å²) in [6, 6.07) is -8.55. The summed E-state index contributed by atoms with van der Waals surface area (Å²) in [6.45, 7) is -27.7. The van der Waals surface area contributed by atoms with Crippen LogP contribution in [-0.2, 0) is 15.9 Å². The monoisotopic (exact) mass is 449 g/mol. The van der Waals surface area contributed by atoms with Crippen LogP contribution in [0.4, 0.5) is 0 Å². The normalized spacial score (nSPS) is 58.5. The Kier molecular flexibility index (Phi) is 1.78. The molecule has 30 heavy (non-hydrogen) atoms. The first-order chi connectivity index (χ1) is 26.2. The number of rotatable bonds is 7. The number of methoxy groups -OCH3 is 2. The topological polar surface area (TPSA) is 74.0 Å². The molecule has 3 unspecified atom stereocenters. The smallest absolute Gasteiger partial charge is 0.323 e. The maximum Gasteiger partial charge on any atom is 0.323 e. The lowest BCUT2D eigenvalue weighted by atomic mass is 9.79. The Balaban J connectivity index is 2.84. The molecule has 1 fully saturated rings. The molecule has 3 rings (SSSR count). The lowest BCUT2D eigenvalue weighted by molar-refractivity contribution is -0.160. The van der Waals surface area contributed by atoms with Crippen molar-refractivity contribution in [1.29, 1.82) is 0 Å². The number of hydrogen-bond donors (Lipinski definition) is 1. The Morgan fingerprint density at radius 1 is 1.40 bits per heavy atom. The van der Waals surface area contributed by atoms with Crippen LogP contribution in [-0.4, -0.2) is 50.1 Å². The molecule has 2 aliphatic rings. The number of carbonyl (C=O) groups excluding carboxylic acids is 1. The van der Waals surface area contributed by atoms with Crippen LogP contribution < -0.4 is 15.2 Å².